The molecule has 4 aliphatic heterocycles. The zero-order valence-corrected chi connectivity index (χ0v) is 32.5. The molecular weight excluding hydrogens is 844 g/mol. The van der Waals surface area contributed by atoms with Crippen molar-refractivity contribution < 1.29 is 95.5 Å². The summed E-state index contributed by atoms with van der Waals surface area (Å²) in [6.45, 7) is 0. The molecule has 6 aromatic carbocycles. The number of aliphatic hydroxyl groups is 3. The van der Waals surface area contributed by atoms with Crippen molar-refractivity contribution in [3.05, 3.63) is 117 Å². The highest BCUT2D eigenvalue weighted by atomic mass is 16.7. The summed E-state index contributed by atoms with van der Waals surface area (Å²) in [6.07, 6.45) is -8.76. The van der Waals surface area contributed by atoms with E-state index in [9.17, 15) is 76.6 Å². The number of ether oxygens (including phenoxy) is 4. The summed E-state index contributed by atoms with van der Waals surface area (Å²) in [7, 11) is 0. The van der Waals surface area contributed by atoms with Gasteiger partial charge in [0.15, 0.2) is 52.5 Å². The molecule has 2 bridgehead atoms. The Labute approximate surface area is 358 Å². The average molecular weight is 881 g/mol. The number of fused-ring (bicyclic) bond motifs is 9. The van der Waals surface area contributed by atoms with Gasteiger partial charge in [-0.25, -0.2) is 0 Å². The number of phenols is 12. The summed E-state index contributed by atoms with van der Waals surface area (Å²) in [5, 5.41) is 166. The van der Waals surface area contributed by atoms with Crippen molar-refractivity contribution in [1.29, 1.82) is 0 Å². The highest BCUT2D eigenvalue weighted by molar-refractivity contribution is 5.72. The monoisotopic (exact) mass is 880 g/mol. The van der Waals surface area contributed by atoms with Gasteiger partial charge in [-0.05, 0) is 48.0 Å². The molecule has 64 heavy (non-hydrogen) atoms. The zero-order valence-electron chi connectivity index (χ0n) is 32.5. The Morgan fingerprint density at radius 2 is 1.03 bits per heavy atom. The minimum Gasteiger partial charge on any atom is -0.508 e. The average Bonchev–Trinajstić information content (AvgIpc) is 3.22. The van der Waals surface area contributed by atoms with Crippen LogP contribution in [0.25, 0.3) is 0 Å². The molecule has 19 heteroatoms. The Hall–Kier alpha value is -8.00. The Bertz CT molecular complexity index is 2950. The van der Waals surface area contributed by atoms with Crippen LogP contribution < -0.4 is 18.9 Å². The van der Waals surface area contributed by atoms with Crippen LogP contribution in [0.1, 0.15) is 68.6 Å². The smallest absolute Gasteiger partial charge is 0.305 e. The van der Waals surface area contributed by atoms with Gasteiger partial charge in [-0.15, -0.1) is 0 Å². The second-order valence-corrected chi connectivity index (χ2v) is 16.0. The van der Waals surface area contributed by atoms with Crippen molar-refractivity contribution >= 4 is 0 Å². The molecule has 0 saturated carbocycles. The maximum Gasteiger partial charge on any atom is 0.305 e. The lowest BCUT2D eigenvalue weighted by atomic mass is 9.71. The van der Waals surface area contributed by atoms with Crippen molar-refractivity contribution in [2.24, 2.45) is 0 Å². The fraction of sp³-hybridized carbons (Fsp3) is 0.200. The highest BCUT2D eigenvalue weighted by Gasteiger charge is 2.61. The van der Waals surface area contributed by atoms with Crippen LogP contribution in [0.4, 0.5) is 0 Å². The van der Waals surface area contributed by atoms with Crippen molar-refractivity contribution in [3.63, 3.8) is 0 Å². The number of rotatable bonds is 4. The van der Waals surface area contributed by atoms with E-state index in [1.54, 1.807) is 0 Å². The summed E-state index contributed by atoms with van der Waals surface area (Å²) in [5.41, 5.74) is -1.07. The predicted octanol–water partition coefficient (Wildman–Crippen LogP) is 3.95. The Morgan fingerprint density at radius 3 is 1.70 bits per heavy atom. The maximum atomic E-state index is 12.5. The second-order valence-electron chi connectivity index (χ2n) is 16.0. The van der Waals surface area contributed by atoms with Crippen molar-refractivity contribution in [3.8, 4) is 92.0 Å². The molecule has 10 rings (SSSR count). The van der Waals surface area contributed by atoms with Gasteiger partial charge in [0, 0.05) is 69.6 Å². The van der Waals surface area contributed by atoms with E-state index in [0.717, 1.165) is 60.7 Å². The van der Waals surface area contributed by atoms with E-state index < -0.39 is 117 Å². The molecule has 0 aliphatic carbocycles. The molecule has 0 amide bonds. The summed E-state index contributed by atoms with van der Waals surface area (Å²) in [6, 6.07) is 13.0. The molecular formula is C45H36O19. The fourth-order valence-corrected chi connectivity index (χ4v) is 9.39. The molecule has 330 valence electrons. The van der Waals surface area contributed by atoms with Gasteiger partial charge in [-0.1, -0.05) is 6.07 Å². The third kappa shape index (κ3) is 5.64. The van der Waals surface area contributed by atoms with Crippen LogP contribution in [0.2, 0.25) is 0 Å². The Morgan fingerprint density at radius 1 is 0.453 bits per heavy atom. The lowest BCUT2D eigenvalue weighted by Gasteiger charge is -2.51. The van der Waals surface area contributed by atoms with Gasteiger partial charge in [0.1, 0.15) is 64.0 Å². The summed E-state index contributed by atoms with van der Waals surface area (Å²) < 4.78 is 25.6. The van der Waals surface area contributed by atoms with E-state index in [0.29, 0.717) is 0 Å². The largest absolute Gasteiger partial charge is 0.508 e. The molecule has 19 nitrogen and oxygen atoms in total. The molecule has 0 radical (unpaired) electrons. The number of hydrogen-bond donors (Lipinski definition) is 15. The van der Waals surface area contributed by atoms with Gasteiger partial charge in [-0.2, -0.15) is 0 Å². The topological polar surface area (TPSA) is 340 Å². The van der Waals surface area contributed by atoms with Crippen LogP contribution in [0, 0.1) is 0 Å². The molecule has 15 N–H and O–H groups in total. The van der Waals surface area contributed by atoms with E-state index in [-0.39, 0.29) is 73.9 Å². The van der Waals surface area contributed by atoms with Crippen LogP contribution >= 0.6 is 0 Å². The van der Waals surface area contributed by atoms with Crippen LogP contribution in [0.5, 0.6) is 92.0 Å². The minimum atomic E-state index is -2.33. The summed E-state index contributed by atoms with van der Waals surface area (Å²) >= 11 is 0. The van der Waals surface area contributed by atoms with E-state index in [2.05, 4.69) is 0 Å². The molecule has 4 aliphatic rings. The second kappa shape index (κ2) is 13.8. The number of phenolic OH excluding ortho intramolecular Hbond substituents is 12. The van der Waals surface area contributed by atoms with Crippen LogP contribution in [0.15, 0.2) is 72.8 Å². The first-order chi connectivity index (χ1) is 30.4. The van der Waals surface area contributed by atoms with Gasteiger partial charge in [0.2, 0.25) is 0 Å². The predicted molar refractivity (Wildman–Crippen MR) is 214 cm³/mol. The molecule has 0 aromatic heterocycles. The molecule has 0 fully saturated rings. The Kier molecular flexibility index (Phi) is 8.61. The van der Waals surface area contributed by atoms with Crippen LogP contribution in [-0.2, 0) is 12.2 Å². The molecule has 4 heterocycles. The third-order valence-corrected chi connectivity index (χ3v) is 12.3. The van der Waals surface area contributed by atoms with Gasteiger partial charge in [-0.3, -0.25) is 0 Å². The number of aliphatic hydroxyl groups excluding tert-OH is 3. The maximum absolute atomic E-state index is 12.5. The minimum absolute atomic E-state index is 0.0123. The summed E-state index contributed by atoms with van der Waals surface area (Å²) in [4.78, 5) is 0. The quantitative estimate of drug-likeness (QED) is 0.111. The SMILES string of the molecule is Oc1cc(O)c2c(c1)O[C@@]1(c3ccc(O)c(O)c3)Oc3cc(O)c4c(c3[C@@H]2[C@H]1O)O[C@H](c1ccc(O)c(O)c1)[C@H](O)[C@H]4c1c(O)cc(O)c2c1O[C@H](c1cc(O)c(O)c(O)c1)[C@H](O)C2. The standard InChI is InChI=1S/C45H36O19/c46-17-9-24(52)32-30(10-17)63-45(16-2-4-20(48)23(51)8-16)44(60)37(32)35-31(64-45)13-26(54)34-36(39(59)41(62-43(34)35)14-1-3-19(47)22(50)5-14)33-25(53)12-21(49)18-11-29(57)40(61-42(18)33)15-6-27(55)38(58)28(56)7-15/h1-10,12-13,29,36-37,39-41,44,46-60H,11H2/t29-,36+,37-,39-,40-,41-,44-,45+/m1/s1. The number of aromatic hydroxyl groups is 12. The lowest BCUT2D eigenvalue weighted by Crippen LogP contribution is -2.57. The first-order valence-corrected chi connectivity index (χ1v) is 19.5. The van der Waals surface area contributed by atoms with Crippen molar-refractivity contribution in [1.82, 2.24) is 0 Å². The van der Waals surface area contributed by atoms with E-state index in [1.807, 2.05) is 0 Å². The van der Waals surface area contributed by atoms with E-state index in [1.165, 1.54) is 12.1 Å². The van der Waals surface area contributed by atoms with Gasteiger partial charge in [0.25, 0.3) is 0 Å². The first-order valence-electron chi connectivity index (χ1n) is 19.5. The molecule has 6 aromatic rings. The Balaban J connectivity index is 1.25. The fourth-order valence-electron chi connectivity index (χ4n) is 9.39. The molecule has 0 saturated heterocycles. The lowest BCUT2D eigenvalue weighted by molar-refractivity contribution is -0.219. The molecule has 0 spiro atoms. The normalized spacial score (nSPS) is 25.0. The van der Waals surface area contributed by atoms with Crippen molar-refractivity contribution in [2.45, 2.75) is 54.6 Å². The number of benzene rings is 6. The molecule has 0 unspecified atom stereocenters. The van der Waals surface area contributed by atoms with Gasteiger partial charge >= 0.3 is 5.79 Å². The van der Waals surface area contributed by atoms with Gasteiger partial charge in [0.05, 0.1) is 17.9 Å². The van der Waals surface area contributed by atoms with Crippen molar-refractivity contribution in [2.75, 3.05) is 0 Å². The zero-order chi connectivity index (χ0) is 45.4. The third-order valence-electron chi connectivity index (χ3n) is 12.3. The highest BCUT2D eigenvalue weighted by Crippen LogP contribution is 2.65. The van der Waals surface area contributed by atoms with Crippen LogP contribution in [-0.4, -0.2) is 94.9 Å². The van der Waals surface area contributed by atoms with Crippen LogP contribution in [0.3, 0.4) is 0 Å². The van der Waals surface area contributed by atoms with E-state index in [4.69, 9.17) is 18.9 Å². The van der Waals surface area contributed by atoms with E-state index >= 15 is 0 Å². The first kappa shape index (κ1) is 40.1. The van der Waals surface area contributed by atoms with Gasteiger partial charge < -0.3 is 95.5 Å². The number of hydrogen-bond acceptors (Lipinski definition) is 19. The molecule has 8 atom stereocenters. The summed E-state index contributed by atoms with van der Waals surface area (Å²) in [5.74, 6) is -14.5.